The summed E-state index contributed by atoms with van der Waals surface area (Å²) in [5, 5.41) is 8.06. The normalized spacial score (nSPS) is 12.8. The Bertz CT molecular complexity index is 237. The lowest BCUT2D eigenvalue weighted by Crippen LogP contribution is -2.10. The molecule has 11 heavy (non-hydrogen) atoms. The van der Waals surface area contributed by atoms with Crippen LogP contribution >= 0.6 is 23.3 Å². The van der Waals surface area contributed by atoms with Crippen molar-refractivity contribution in [2.45, 2.75) is 16.5 Å². The van der Waals surface area contributed by atoms with Crippen LogP contribution in [-0.2, 0) is 4.79 Å². The van der Waals surface area contributed by atoms with Crippen molar-refractivity contribution >= 4 is 29.3 Å². The van der Waals surface area contributed by atoms with Crippen molar-refractivity contribution in [2.75, 3.05) is 0 Å². The lowest BCUT2D eigenvalue weighted by Gasteiger charge is -1.99. The van der Waals surface area contributed by atoms with Crippen molar-refractivity contribution < 1.29 is 9.90 Å². The van der Waals surface area contributed by atoms with Gasteiger partial charge in [0.05, 0.1) is 0 Å². The molecule has 0 bridgehead atoms. The van der Waals surface area contributed by atoms with Crippen molar-refractivity contribution in [3.8, 4) is 0 Å². The van der Waals surface area contributed by atoms with E-state index >= 15 is 0 Å². The van der Waals surface area contributed by atoms with Crippen molar-refractivity contribution in [2.24, 2.45) is 0 Å². The van der Waals surface area contributed by atoms with E-state index in [0.29, 0.717) is 4.34 Å². The van der Waals surface area contributed by atoms with Gasteiger partial charge in [-0.1, -0.05) is 11.8 Å². The minimum Gasteiger partial charge on any atom is -0.480 e. The van der Waals surface area contributed by atoms with E-state index in [1.165, 1.54) is 29.6 Å². The molecule has 1 atom stereocenters. The molecular weight excluding hydrogens is 184 g/mol. The van der Waals surface area contributed by atoms with E-state index in [0.717, 1.165) is 0 Å². The predicted molar refractivity (Wildman–Crippen MR) is 42.9 cm³/mol. The standard InChI is InChI=1S/C5H6N2O2S2/c1-3(4(8)9)10-5-6-2-7-11-5/h2-3H,1H3,(H,8,9). The molecule has 0 saturated carbocycles. The third-order valence-corrected chi connectivity index (χ3v) is 2.80. The number of carboxylic acids is 1. The Labute approximate surface area is 71.8 Å². The SMILES string of the molecule is CC(Sc1ncns1)C(=O)O. The summed E-state index contributed by atoms with van der Waals surface area (Å²) >= 11 is 2.41. The van der Waals surface area contributed by atoms with Gasteiger partial charge < -0.3 is 5.11 Å². The minimum atomic E-state index is -0.829. The van der Waals surface area contributed by atoms with Crippen LogP contribution in [0.2, 0.25) is 0 Å². The Morgan fingerprint density at radius 1 is 1.91 bits per heavy atom. The third kappa shape index (κ3) is 2.47. The van der Waals surface area contributed by atoms with Crippen molar-refractivity contribution in [1.29, 1.82) is 0 Å². The molecule has 1 heterocycles. The van der Waals surface area contributed by atoms with Gasteiger partial charge in [0, 0.05) is 0 Å². The Morgan fingerprint density at radius 2 is 2.64 bits per heavy atom. The Hall–Kier alpha value is -0.620. The van der Waals surface area contributed by atoms with Gasteiger partial charge in [-0.3, -0.25) is 4.79 Å². The molecule has 1 aromatic heterocycles. The Balaban J connectivity index is 2.50. The molecule has 1 aromatic rings. The number of carbonyl (C=O) groups is 1. The van der Waals surface area contributed by atoms with Crippen LogP contribution in [-0.4, -0.2) is 25.7 Å². The molecule has 0 aromatic carbocycles. The average molecular weight is 190 g/mol. The third-order valence-electron chi connectivity index (χ3n) is 0.966. The fourth-order valence-corrected chi connectivity index (χ4v) is 1.94. The number of aromatic nitrogens is 2. The summed E-state index contributed by atoms with van der Waals surface area (Å²) in [5.41, 5.74) is 0. The summed E-state index contributed by atoms with van der Waals surface area (Å²) < 4.78 is 4.45. The van der Waals surface area contributed by atoms with E-state index in [1.807, 2.05) is 0 Å². The summed E-state index contributed by atoms with van der Waals surface area (Å²) in [7, 11) is 0. The zero-order chi connectivity index (χ0) is 8.27. The molecule has 0 saturated heterocycles. The van der Waals surface area contributed by atoms with Crippen LogP contribution in [0, 0.1) is 0 Å². The van der Waals surface area contributed by atoms with Crippen LogP contribution in [0.5, 0.6) is 0 Å². The summed E-state index contributed by atoms with van der Waals surface area (Å²) in [6.45, 7) is 1.62. The van der Waals surface area contributed by atoms with Gasteiger partial charge in [-0.2, -0.15) is 4.37 Å². The molecule has 4 nitrogen and oxygen atoms in total. The van der Waals surface area contributed by atoms with E-state index in [4.69, 9.17) is 5.11 Å². The van der Waals surface area contributed by atoms with E-state index < -0.39 is 11.2 Å². The van der Waals surface area contributed by atoms with Crippen LogP contribution in [0.4, 0.5) is 0 Å². The number of hydrogen-bond donors (Lipinski definition) is 1. The number of thioether (sulfide) groups is 1. The quantitative estimate of drug-likeness (QED) is 0.723. The maximum atomic E-state index is 10.4. The molecule has 0 aliphatic carbocycles. The molecule has 0 amide bonds. The van der Waals surface area contributed by atoms with Crippen LogP contribution in [0.1, 0.15) is 6.92 Å². The largest absolute Gasteiger partial charge is 0.480 e. The molecule has 1 unspecified atom stereocenters. The first-order valence-corrected chi connectivity index (χ1v) is 4.51. The highest BCUT2D eigenvalue weighted by Gasteiger charge is 2.13. The number of hydrogen-bond acceptors (Lipinski definition) is 5. The summed E-state index contributed by atoms with van der Waals surface area (Å²) in [5.74, 6) is -0.829. The average Bonchev–Trinajstić information content (AvgIpc) is 2.39. The molecule has 0 aliphatic rings. The highest BCUT2D eigenvalue weighted by atomic mass is 32.2. The van der Waals surface area contributed by atoms with E-state index in [9.17, 15) is 4.79 Å². The summed E-state index contributed by atoms with van der Waals surface area (Å²) in [6.07, 6.45) is 1.42. The Kier molecular flexibility index (Phi) is 2.84. The molecule has 0 fully saturated rings. The number of nitrogens with zero attached hydrogens (tertiary/aromatic N) is 2. The molecule has 1 rings (SSSR count). The van der Waals surface area contributed by atoms with E-state index in [2.05, 4.69) is 9.36 Å². The fraction of sp³-hybridized carbons (Fsp3) is 0.400. The molecule has 6 heteroatoms. The molecular formula is C5H6N2O2S2. The first-order chi connectivity index (χ1) is 5.20. The highest BCUT2D eigenvalue weighted by Crippen LogP contribution is 2.23. The lowest BCUT2D eigenvalue weighted by molar-refractivity contribution is -0.136. The van der Waals surface area contributed by atoms with Gasteiger partial charge in [0.1, 0.15) is 11.6 Å². The highest BCUT2D eigenvalue weighted by molar-refractivity contribution is 8.02. The van der Waals surface area contributed by atoms with Crippen LogP contribution in [0.15, 0.2) is 10.7 Å². The first kappa shape index (κ1) is 8.48. The maximum absolute atomic E-state index is 10.4. The molecule has 0 aliphatic heterocycles. The number of carboxylic acid groups (broad SMARTS) is 1. The number of aliphatic carboxylic acids is 1. The second-order valence-electron chi connectivity index (χ2n) is 1.81. The topological polar surface area (TPSA) is 63.1 Å². The zero-order valence-electron chi connectivity index (χ0n) is 5.72. The van der Waals surface area contributed by atoms with Crippen molar-refractivity contribution in [1.82, 2.24) is 9.36 Å². The molecule has 60 valence electrons. The second kappa shape index (κ2) is 3.68. The smallest absolute Gasteiger partial charge is 0.316 e. The molecule has 0 radical (unpaired) electrons. The zero-order valence-corrected chi connectivity index (χ0v) is 7.35. The maximum Gasteiger partial charge on any atom is 0.316 e. The van der Waals surface area contributed by atoms with Crippen molar-refractivity contribution in [3.63, 3.8) is 0 Å². The van der Waals surface area contributed by atoms with Gasteiger partial charge in [-0.15, -0.1) is 0 Å². The lowest BCUT2D eigenvalue weighted by atomic mass is 10.5. The van der Waals surface area contributed by atoms with Gasteiger partial charge in [-0.25, -0.2) is 4.98 Å². The van der Waals surface area contributed by atoms with Gasteiger partial charge in [0.25, 0.3) is 0 Å². The number of rotatable bonds is 3. The van der Waals surface area contributed by atoms with Crippen molar-refractivity contribution in [3.05, 3.63) is 6.33 Å². The van der Waals surface area contributed by atoms with Gasteiger partial charge in [0.2, 0.25) is 0 Å². The van der Waals surface area contributed by atoms with Gasteiger partial charge in [0.15, 0.2) is 4.34 Å². The van der Waals surface area contributed by atoms with Gasteiger partial charge in [-0.05, 0) is 18.5 Å². The van der Waals surface area contributed by atoms with E-state index in [1.54, 1.807) is 6.92 Å². The fourth-order valence-electron chi connectivity index (χ4n) is 0.417. The predicted octanol–water partition coefficient (Wildman–Crippen LogP) is 1.10. The summed E-state index contributed by atoms with van der Waals surface area (Å²) in [4.78, 5) is 14.2. The molecule has 0 spiro atoms. The molecule has 1 N–H and O–H groups in total. The van der Waals surface area contributed by atoms with Crippen LogP contribution in [0.3, 0.4) is 0 Å². The van der Waals surface area contributed by atoms with Gasteiger partial charge >= 0.3 is 5.97 Å². The van der Waals surface area contributed by atoms with E-state index in [-0.39, 0.29) is 0 Å². The van der Waals surface area contributed by atoms with Crippen LogP contribution < -0.4 is 0 Å². The Morgan fingerprint density at radius 3 is 3.09 bits per heavy atom. The minimum absolute atomic E-state index is 0.456. The second-order valence-corrected chi connectivity index (χ2v) is 4.17. The summed E-state index contributed by atoms with van der Waals surface area (Å²) in [6, 6.07) is 0. The monoisotopic (exact) mass is 190 g/mol. The van der Waals surface area contributed by atoms with Crippen LogP contribution in [0.25, 0.3) is 0 Å². The first-order valence-electron chi connectivity index (χ1n) is 2.86.